The van der Waals surface area contributed by atoms with E-state index >= 15 is 0 Å². The van der Waals surface area contributed by atoms with Crippen LogP contribution in [0.15, 0.2) is 12.7 Å². The van der Waals surface area contributed by atoms with E-state index in [-0.39, 0.29) is 21.4 Å². The first-order valence-electron chi connectivity index (χ1n) is 5.82. The number of hydrogen-bond acceptors (Lipinski definition) is 7. The first-order chi connectivity index (χ1) is 9.54. The molecule has 2 aromatic rings. The van der Waals surface area contributed by atoms with Gasteiger partial charge in [0.2, 0.25) is 0 Å². The number of ether oxygens (including phenoxy) is 1. The predicted molar refractivity (Wildman–Crippen MR) is 60.9 cm³/mol. The zero-order chi connectivity index (χ0) is 14.4. The molecule has 0 aromatic carbocycles. The summed E-state index contributed by atoms with van der Waals surface area (Å²) < 4.78 is 20.2. The molecule has 0 amide bonds. The van der Waals surface area contributed by atoms with Gasteiger partial charge >= 0.3 is 0 Å². The lowest BCUT2D eigenvalue weighted by molar-refractivity contribution is -0.0516. The lowest BCUT2D eigenvalue weighted by Crippen LogP contribution is -2.33. The zero-order valence-corrected chi connectivity index (χ0v) is 10.1. The van der Waals surface area contributed by atoms with Crippen LogP contribution >= 0.6 is 0 Å². The average molecular weight is 285 g/mol. The van der Waals surface area contributed by atoms with Gasteiger partial charge in [0.25, 0.3) is 0 Å². The Hall–Kier alpha value is -1.88. The van der Waals surface area contributed by atoms with E-state index in [0.717, 1.165) is 10.9 Å². The number of fused-ring (bicyclic) bond motifs is 1. The van der Waals surface area contributed by atoms with Gasteiger partial charge in [-0.3, -0.25) is 9.98 Å². The van der Waals surface area contributed by atoms with E-state index in [1.165, 1.54) is 6.33 Å². The van der Waals surface area contributed by atoms with Gasteiger partial charge in [-0.25, -0.2) is 9.97 Å². The smallest absolute Gasteiger partial charge is 0.178 e. The molecule has 20 heavy (non-hydrogen) atoms. The SMILES string of the molecule is N=c1ncn(F)c2c1ncn2[C@@H]1O[C@H](CO)[C@@H](O)[C@H]1O. The molecule has 1 fully saturated rings. The Balaban J connectivity index is 2.12. The number of hydrogen-bond donors (Lipinski definition) is 4. The van der Waals surface area contributed by atoms with Crippen molar-refractivity contribution in [1.29, 1.82) is 5.41 Å². The highest BCUT2D eigenvalue weighted by Gasteiger charge is 2.44. The van der Waals surface area contributed by atoms with Crippen molar-refractivity contribution in [3.63, 3.8) is 0 Å². The summed E-state index contributed by atoms with van der Waals surface area (Å²) in [6.07, 6.45) is -2.76. The van der Waals surface area contributed by atoms with Gasteiger partial charge in [0, 0.05) is 0 Å². The van der Waals surface area contributed by atoms with Crippen molar-refractivity contribution >= 4 is 11.2 Å². The van der Waals surface area contributed by atoms with Gasteiger partial charge in [-0.05, 0) is 0 Å². The van der Waals surface area contributed by atoms with E-state index in [0.29, 0.717) is 0 Å². The minimum absolute atomic E-state index is 0.00672. The summed E-state index contributed by atoms with van der Waals surface area (Å²) in [5, 5.41) is 36.2. The van der Waals surface area contributed by atoms with Crippen molar-refractivity contribution in [2.24, 2.45) is 0 Å². The number of imidazole rings is 1. The first-order valence-corrected chi connectivity index (χ1v) is 5.82. The van der Waals surface area contributed by atoms with Crippen LogP contribution in [0.25, 0.3) is 11.2 Å². The average Bonchev–Trinajstić information content (AvgIpc) is 2.99. The van der Waals surface area contributed by atoms with Crippen LogP contribution in [0.1, 0.15) is 6.23 Å². The maximum Gasteiger partial charge on any atom is 0.178 e. The molecule has 0 radical (unpaired) electrons. The monoisotopic (exact) mass is 285 g/mol. The largest absolute Gasteiger partial charge is 0.394 e. The van der Waals surface area contributed by atoms with Crippen LogP contribution in [-0.4, -0.2) is 59.6 Å². The van der Waals surface area contributed by atoms with Crippen LogP contribution < -0.4 is 5.49 Å². The summed E-state index contributed by atoms with van der Waals surface area (Å²) in [5.41, 5.74) is -0.355. The molecule has 3 rings (SSSR count). The summed E-state index contributed by atoms with van der Waals surface area (Å²) in [4.78, 5) is 7.50. The Morgan fingerprint density at radius 3 is 2.70 bits per heavy atom. The van der Waals surface area contributed by atoms with Crippen molar-refractivity contribution in [3.05, 3.63) is 18.1 Å². The van der Waals surface area contributed by atoms with Gasteiger partial charge < -0.3 is 20.1 Å². The topological polar surface area (TPSA) is 129 Å². The van der Waals surface area contributed by atoms with Crippen LogP contribution in [-0.2, 0) is 4.74 Å². The highest BCUT2D eigenvalue weighted by atomic mass is 19.2. The maximum atomic E-state index is 13.8. The second kappa shape index (κ2) is 4.59. The highest BCUT2D eigenvalue weighted by molar-refractivity contribution is 5.69. The first kappa shape index (κ1) is 13.1. The lowest BCUT2D eigenvalue weighted by atomic mass is 10.1. The molecular weight excluding hydrogens is 273 g/mol. The molecule has 0 spiro atoms. The summed E-state index contributed by atoms with van der Waals surface area (Å²) in [6.45, 7) is -0.484. The Bertz CT molecular complexity index is 701. The predicted octanol–water partition coefficient (Wildman–Crippen LogP) is -1.94. The normalized spacial score (nSPS) is 30.2. The summed E-state index contributed by atoms with van der Waals surface area (Å²) >= 11 is 0. The quantitative estimate of drug-likeness (QED) is 0.508. The van der Waals surface area contributed by atoms with Gasteiger partial charge in [0.05, 0.1) is 12.9 Å². The van der Waals surface area contributed by atoms with Crippen molar-refractivity contribution < 1.29 is 24.5 Å². The molecular formula is C10H12FN5O4. The number of nitrogens with zero attached hydrogens (tertiary/aromatic N) is 4. The van der Waals surface area contributed by atoms with E-state index in [2.05, 4.69) is 9.97 Å². The number of nitrogens with one attached hydrogen (secondary N) is 1. The molecule has 108 valence electrons. The van der Waals surface area contributed by atoms with Crippen molar-refractivity contribution in [3.8, 4) is 0 Å². The van der Waals surface area contributed by atoms with Crippen LogP contribution in [0, 0.1) is 5.41 Å². The van der Waals surface area contributed by atoms with Gasteiger partial charge in [-0.2, -0.15) is 0 Å². The number of aliphatic hydroxyl groups is 3. The number of aromatic nitrogens is 4. The van der Waals surface area contributed by atoms with Crippen LogP contribution in [0.4, 0.5) is 4.48 Å². The highest BCUT2D eigenvalue weighted by Crippen LogP contribution is 2.31. The minimum atomic E-state index is -1.35. The molecule has 1 saturated heterocycles. The third-order valence-corrected chi connectivity index (χ3v) is 3.27. The van der Waals surface area contributed by atoms with Gasteiger partial charge in [0.15, 0.2) is 22.9 Å². The second-order valence-corrected chi connectivity index (χ2v) is 4.46. The van der Waals surface area contributed by atoms with Gasteiger partial charge in [0.1, 0.15) is 24.6 Å². The lowest BCUT2D eigenvalue weighted by Gasteiger charge is -2.17. The van der Waals surface area contributed by atoms with Crippen LogP contribution in [0.2, 0.25) is 0 Å². The van der Waals surface area contributed by atoms with Crippen LogP contribution in [0.3, 0.4) is 0 Å². The van der Waals surface area contributed by atoms with Crippen molar-refractivity contribution in [1.82, 2.24) is 19.3 Å². The van der Waals surface area contributed by atoms with Gasteiger partial charge in [-0.15, -0.1) is 4.79 Å². The minimum Gasteiger partial charge on any atom is -0.394 e. The molecule has 3 heterocycles. The molecule has 10 heteroatoms. The number of aliphatic hydroxyl groups excluding tert-OH is 3. The fourth-order valence-electron chi connectivity index (χ4n) is 2.25. The molecule has 1 aliphatic heterocycles. The summed E-state index contributed by atoms with van der Waals surface area (Å²) in [6, 6.07) is 0. The van der Waals surface area contributed by atoms with Crippen molar-refractivity contribution in [2.45, 2.75) is 24.5 Å². The van der Waals surface area contributed by atoms with E-state index in [1.807, 2.05) is 0 Å². The second-order valence-electron chi connectivity index (χ2n) is 4.46. The third kappa shape index (κ3) is 1.73. The molecule has 0 aliphatic carbocycles. The fraction of sp³-hybridized carbons (Fsp3) is 0.500. The van der Waals surface area contributed by atoms with E-state index in [9.17, 15) is 14.7 Å². The fourth-order valence-corrected chi connectivity index (χ4v) is 2.25. The Kier molecular flexibility index (Phi) is 3.01. The Labute approximate surface area is 111 Å². The summed E-state index contributed by atoms with van der Waals surface area (Å²) in [5.74, 6) is 0. The third-order valence-electron chi connectivity index (χ3n) is 3.27. The Morgan fingerprint density at radius 2 is 2.05 bits per heavy atom. The molecule has 4 atom stereocenters. The van der Waals surface area contributed by atoms with E-state index in [4.69, 9.17) is 15.3 Å². The Morgan fingerprint density at radius 1 is 1.30 bits per heavy atom. The van der Waals surface area contributed by atoms with E-state index < -0.39 is 31.1 Å². The molecule has 9 nitrogen and oxygen atoms in total. The number of halogens is 1. The number of rotatable bonds is 2. The van der Waals surface area contributed by atoms with Gasteiger partial charge in [-0.1, -0.05) is 4.48 Å². The molecule has 0 unspecified atom stereocenters. The molecule has 0 saturated carbocycles. The van der Waals surface area contributed by atoms with Crippen LogP contribution in [0.5, 0.6) is 0 Å². The van der Waals surface area contributed by atoms with E-state index in [1.54, 1.807) is 0 Å². The maximum absolute atomic E-state index is 13.8. The zero-order valence-electron chi connectivity index (χ0n) is 10.1. The molecule has 1 aliphatic rings. The standard InChI is InChI=1S/C10H12FN5O4/c11-16-3-14-8(12)5-9(16)15(2-13-5)10-7(19)6(18)4(1-17)20-10/h2-4,6-7,10,12,17-19H,1H2/t4-,6-,7-,10-/m1/s1. The van der Waals surface area contributed by atoms with Crippen molar-refractivity contribution in [2.75, 3.05) is 6.61 Å². The molecule has 2 aromatic heterocycles. The molecule has 4 N–H and O–H groups in total. The summed E-state index contributed by atoms with van der Waals surface area (Å²) in [7, 11) is 0. The molecule has 0 bridgehead atoms.